The Kier molecular flexibility index (Phi) is 3.81. The average Bonchev–Trinajstić information content (AvgIpc) is 3.22. The van der Waals surface area contributed by atoms with Crippen LogP contribution in [0, 0.1) is 6.92 Å². The predicted molar refractivity (Wildman–Crippen MR) is 95.0 cm³/mol. The molecule has 0 aliphatic carbocycles. The SMILES string of the molecule is Cc1ccc2[nH]nc(C(=O)N3CCCC3Cc3ccccc3)c2c1. The molecular formula is C20H21N3O. The minimum atomic E-state index is 0.0466. The van der Waals surface area contributed by atoms with E-state index in [0.29, 0.717) is 5.69 Å². The average molecular weight is 319 g/mol. The number of fused-ring (bicyclic) bond motifs is 1. The number of H-pyrrole nitrogens is 1. The molecule has 1 aliphatic heterocycles. The first kappa shape index (κ1) is 14.9. The van der Waals surface area contributed by atoms with Gasteiger partial charge in [-0.15, -0.1) is 0 Å². The molecule has 1 fully saturated rings. The minimum absolute atomic E-state index is 0.0466. The maximum absolute atomic E-state index is 13.1. The van der Waals surface area contributed by atoms with Crippen molar-refractivity contribution < 1.29 is 4.79 Å². The fraction of sp³-hybridized carbons (Fsp3) is 0.300. The second-order valence-corrected chi connectivity index (χ2v) is 6.61. The van der Waals surface area contributed by atoms with Gasteiger partial charge in [-0.05, 0) is 43.9 Å². The largest absolute Gasteiger partial charge is 0.334 e. The minimum Gasteiger partial charge on any atom is -0.334 e. The summed E-state index contributed by atoms with van der Waals surface area (Å²) in [6, 6.07) is 16.7. The van der Waals surface area contributed by atoms with Crippen molar-refractivity contribution >= 4 is 16.8 Å². The fourth-order valence-electron chi connectivity index (χ4n) is 3.63. The Hall–Kier alpha value is -2.62. The zero-order valence-corrected chi connectivity index (χ0v) is 13.8. The van der Waals surface area contributed by atoms with Crippen molar-refractivity contribution in [3.05, 3.63) is 65.4 Å². The van der Waals surface area contributed by atoms with Gasteiger partial charge in [0.05, 0.1) is 5.52 Å². The number of rotatable bonds is 3. The van der Waals surface area contributed by atoms with E-state index in [4.69, 9.17) is 0 Å². The molecule has 24 heavy (non-hydrogen) atoms. The van der Waals surface area contributed by atoms with Crippen LogP contribution in [0.3, 0.4) is 0 Å². The number of carbonyl (C=O) groups excluding carboxylic acids is 1. The highest BCUT2D eigenvalue weighted by atomic mass is 16.2. The molecule has 1 aromatic heterocycles. The van der Waals surface area contributed by atoms with E-state index in [0.717, 1.165) is 42.3 Å². The van der Waals surface area contributed by atoms with Gasteiger partial charge >= 0.3 is 0 Å². The van der Waals surface area contributed by atoms with Gasteiger partial charge in [-0.1, -0.05) is 42.0 Å². The standard InChI is InChI=1S/C20H21N3O/c1-14-9-10-18-17(12-14)19(22-21-18)20(24)23-11-5-8-16(23)13-15-6-3-2-4-7-15/h2-4,6-7,9-10,12,16H,5,8,11,13H2,1H3,(H,21,22). The number of hydrogen-bond acceptors (Lipinski definition) is 2. The number of carbonyl (C=O) groups is 1. The van der Waals surface area contributed by atoms with Crippen molar-refractivity contribution in [1.82, 2.24) is 15.1 Å². The molecule has 1 aliphatic rings. The Morgan fingerprint density at radius 2 is 2.08 bits per heavy atom. The summed E-state index contributed by atoms with van der Waals surface area (Å²) in [4.78, 5) is 15.1. The van der Waals surface area contributed by atoms with Crippen LogP contribution in [0.1, 0.15) is 34.5 Å². The summed E-state index contributed by atoms with van der Waals surface area (Å²) < 4.78 is 0. The van der Waals surface area contributed by atoms with E-state index >= 15 is 0 Å². The fourth-order valence-corrected chi connectivity index (χ4v) is 3.63. The first-order valence-electron chi connectivity index (χ1n) is 8.52. The van der Waals surface area contributed by atoms with Crippen LogP contribution >= 0.6 is 0 Å². The van der Waals surface area contributed by atoms with Crippen LogP contribution < -0.4 is 0 Å². The molecule has 2 heterocycles. The van der Waals surface area contributed by atoms with Gasteiger partial charge in [0.15, 0.2) is 5.69 Å². The van der Waals surface area contributed by atoms with E-state index in [2.05, 4.69) is 34.5 Å². The first-order valence-corrected chi connectivity index (χ1v) is 8.52. The van der Waals surface area contributed by atoms with E-state index in [9.17, 15) is 4.79 Å². The molecule has 3 aromatic rings. The molecule has 4 nitrogen and oxygen atoms in total. The summed E-state index contributed by atoms with van der Waals surface area (Å²) in [5.74, 6) is 0.0466. The summed E-state index contributed by atoms with van der Waals surface area (Å²) in [7, 11) is 0. The molecule has 0 spiro atoms. The van der Waals surface area contributed by atoms with Gasteiger partial charge in [0.1, 0.15) is 0 Å². The third-order valence-electron chi connectivity index (χ3n) is 4.87. The van der Waals surface area contributed by atoms with Gasteiger partial charge in [-0.25, -0.2) is 0 Å². The topological polar surface area (TPSA) is 49.0 Å². The van der Waals surface area contributed by atoms with Crippen LogP contribution in [-0.4, -0.2) is 33.6 Å². The third-order valence-corrected chi connectivity index (χ3v) is 4.87. The number of amides is 1. The normalized spacial score (nSPS) is 17.5. The Balaban J connectivity index is 1.61. The van der Waals surface area contributed by atoms with Crippen LogP contribution in [0.4, 0.5) is 0 Å². The third kappa shape index (κ3) is 2.68. The zero-order chi connectivity index (χ0) is 16.5. The molecule has 0 radical (unpaired) electrons. The smallest absolute Gasteiger partial charge is 0.275 e. The second-order valence-electron chi connectivity index (χ2n) is 6.61. The number of benzene rings is 2. The van der Waals surface area contributed by atoms with E-state index < -0.39 is 0 Å². The van der Waals surface area contributed by atoms with Crippen molar-refractivity contribution in [3.63, 3.8) is 0 Å². The van der Waals surface area contributed by atoms with Crippen molar-refractivity contribution in [2.24, 2.45) is 0 Å². The zero-order valence-electron chi connectivity index (χ0n) is 13.8. The number of aryl methyl sites for hydroxylation is 1. The van der Waals surface area contributed by atoms with E-state index in [1.165, 1.54) is 5.56 Å². The van der Waals surface area contributed by atoms with Crippen LogP contribution in [0.2, 0.25) is 0 Å². The van der Waals surface area contributed by atoms with Crippen molar-refractivity contribution in [2.75, 3.05) is 6.54 Å². The Bertz CT molecular complexity index is 869. The number of likely N-dealkylation sites (tertiary alicyclic amines) is 1. The molecule has 122 valence electrons. The summed E-state index contributed by atoms with van der Waals surface area (Å²) >= 11 is 0. The molecular weight excluding hydrogens is 298 g/mol. The van der Waals surface area contributed by atoms with Crippen molar-refractivity contribution in [2.45, 2.75) is 32.2 Å². The highest BCUT2D eigenvalue weighted by Crippen LogP contribution is 2.26. The van der Waals surface area contributed by atoms with Gasteiger partial charge < -0.3 is 4.90 Å². The second kappa shape index (κ2) is 6.11. The maximum Gasteiger partial charge on any atom is 0.275 e. The Morgan fingerprint density at radius 3 is 2.92 bits per heavy atom. The molecule has 1 unspecified atom stereocenters. The molecule has 1 N–H and O–H groups in total. The van der Waals surface area contributed by atoms with Crippen molar-refractivity contribution in [3.8, 4) is 0 Å². The van der Waals surface area contributed by atoms with Crippen LogP contribution in [0.5, 0.6) is 0 Å². The van der Waals surface area contributed by atoms with Gasteiger partial charge in [0.2, 0.25) is 0 Å². The van der Waals surface area contributed by atoms with E-state index in [1.807, 2.05) is 36.1 Å². The summed E-state index contributed by atoms with van der Waals surface area (Å²) in [5.41, 5.74) is 3.89. The highest BCUT2D eigenvalue weighted by molar-refractivity contribution is 6.05. The van der Waals surface area contributed by atoms with Gasteiger partial charge in [-0.2, -0.15) is 5.10 Å². The van der Waals surface area contributed by atoms with Crippen molar-refractivity contribution in [1.29, 1.82) is 0 Å². The summed E-state index contributed by atoms with van der Waals surface area (Å²) in [6.07, 6.45) is 3.03. The molecule has 4 rings (SSSR count). The molecule has 1 amide bonds. The molecule has 2 aromatic carbocycles. The molecule has 1 atom stereocenters. The lowest BCUT2D eigenvalue weighted by Crippen LogP contribution is -2.37. The first-order chi connectivity index (χ1) is 11.7. The predicted octanol–water partition coefficient (Wildman–Crippen LogP) is 3.72. The van der Waals surface area contributed by atoms with E-state index in [1.54, 1.807) is 0 Å². The number of aromatic amines is 1. The van der Waals surface area contributed by atoms with Crippen LogP contribution in [0.25, 0.3) is 10.9 Å². The molecule has 1 saturated heterocycles. The van der Waals surface area contributed by atoms with Gasteiger partial charge in [-0.3, -0.25) is 9.89 Å². The lowest BCUT2D eigenvalue weighted by atomic mass is 10.0. The van der Waals surface area contributed by atoms with Crippen LogP contribution in [-0.2, 0) is 6.42 Å². The number of aromatic nitrogens is 2. The summed E-state index contributed by atoms with van der Waals surface area (Å²) in [5, 5.41) is 8.21. The Morgan fingerprint density at radius 1 is 1.25 bits per heavy atom. The number of nitrogens with one attached hydrogen (secondary N) is 1. The lowest BCUT2D eigenvalue weighted by molar-refractivity contribution is 0.0732. The molecule has 4 heteroatoms. The van der Waals surface area contributed by atoms with Gasteiger partial charge in [0, 0.05) is 18.0 Å². The van der Waals surface area contributed by atoms with Crippen LogP contribution in [0.15, 0.2) is 48.5 Å². The Labute approximate surface area is 141 Å². The maximum atomic E-state index is 13.1. The molecule has 0 saturated carbocycles. The quantitative estimate of drug-likeness (QED) is 0.800. The highest BCUT2D eigenvalue weighted by Gasteiger charge is 2.31. The monoisotopic (exact) mass is 319 g/mol. The number of hydrogen-bond donors (Lipinski definition) is 1. The lowest BCUT2D eigenvalue weighted by Gasteiger charge is -2.24. The van der Waals surface area contributed by atoms with Gasteiger partial charge in [0.25, 0.3) is 5.91 Å². The summed E-state index contributed by atoms with van der Waals surface area (Å²) in [6.45, 7) is 2.85. The molecule has 0 bridgehead atoms. The van der Waals surface area contributed by atoms with E-state index in [-0.39, 0.29) is 11.9 Å². The number of nitrogens with zero attached hydrogens (tertiary/aromatic N) is 2.